The first kappa shape index (κ1) is 47.5. The zero-order valence-corrected chi connectivity index (χ0v) is 32.0. The predicted octanol–water partition coefficient (Wildman–Crippen LogP) is 7.78. The Kier molecular flexibility index (Phi) is 15.4. The Hall–Kier alpha value is -5.22. The fourth-order valence-electron chi connectivity index (χ4n) is 6.73. The molecule has 1 fully saturated rings. The number of fused-ring (bicyclic) bond motifs is 1. The van der Waals surface area contributed by atoms with E-state index in [9.17, 15) is 59.0 Å². The molecular formula is C38H42F9N5O8. The summed E-state index contributed by atoms with van der Waals surface area (Å²) in [7, 11) is 0. The molecule has 0 bridgehead atoms. The zero-order chi connectivity index (χ0) is 44.6. The molecule has 0 saturated carbocycles. The minimum absolute atomic E-state index is 0.00268. The van der Waals surface area contributed by atoms with E-state index >= 15 is 0 Å². The number of nitrogens with zero attached hydrogens (tertiary/aromatic N) is 4. The summed E-state index contributed by atoms with van der Waals surface area (Å²) in [5, 5.41) is 26.5. The zero-order valence-electron chi connectivity index (χ0n) is 32.0. The number of morpholine rings is 1. The standard InChI is InChI=1S/C30H28F9N5O3.C8H14O5/c1-2-27(40)14-21(25-22(44(27)26(45)46)3-4-23(42-25)30(37,38)39)24-17(12-20(15-41-24)43-5-7-47-8-6-43)9-16-10-18(28(31,32)33)13-19(11-16)29(34,35)36;9-7(10)3-1-5-13-6-2-4-8(11)12/h3-4,10-13,15,21H,2,5-9,14,40H2,1H3,(H,45,46);1-6H2,(H,9,10)(H,11,12)/t21-,27+;/m0./s1. The molecule has 2 aliphatic heterocycles. The molecule has 3 aromatic rings. The molecule has 5 rings (SSSR count). The normalized spacial score (nSPS) is 18.4. The monoisotopic (exact) mass is 867 g/mol. The Balaban J connectivity index is 0.000000526. The molecule has 0 aliphatic carbocycles. The van der Waals surface area contributed by atoms with E-state index in [1.165, 1.54) is 12.3 Å². The second-order valence-corrected chi connectivity index (χ2v) is 14.0. The van der Waals surface area contributed by atoms with Crippen LogP contribution in [-0.2, 0) is 44.0 Å². The van der Waals surface area contributed by atoms with Crippen molar-refractivity contribution in [3.63, 3.8) is 0 Å². The number of hydrogen-bond donors (Lipinski definition) is 4. The average Bonchev–Trinajstić information content (AvgIpc) is 3.16. The summed E-state index contributed by atoms with van der Waals surface area (Å²) >= 11 is 0. The minimum Gasteiger partial charge on any atom is -0.481 e. The number of hydrogen-bond acceptors (Lipinski definition) is 9. The topological polar surface area (TPSA) is 189 Å². The van der Waals surface area contributed by atoms with Crippen LogP contribution in [0.4, 0.5) is 55.7 Å². The third kappa shape index (κ3) is 12.4. The molecule has 1 saturated heterocycles. The van der Waals surface area contributed by atoms with Gasteiger partial charge in [0.25, 0.3) is 0 Å². The van der Waals surface area contributed by atoms with Gasteiger partial charge in [0.1, 0.15) is 11.4 Å². The van der Waals surface area contributed by atoms with E-state index in [0.717, 1.165) is 11.0 Å². The number of amides is 1. The van der Waals surface area contributed by atoms with E-state index in [2.05, 4.69) is 9.97 Å². The van der Waals surface area contributed by atoms with Gasteiger partial charge in [-0.3, -0.25) is 19.5 Å². The first-order chi connectivity index (χ1) is 27.9. The highest BCUT2D eigenvalue weighted by Crippen LogP contribution is 2.47. The molecule has 2 aromatic heterocycles. The van der Waals surface area contributed by atoms with Crippen molar-refractivity contribution in [2.24, 2.45) is 5.73 Å². The number of aliphatic carboxylic acids is 2. The molecule has 13 nitrogen and oxygen atoms in total. The van der Waals surface area contributed by atoms with Crippen molar-refractivity contribution < 1.29 is 78.7 Å². The number of anilines is 2. The quantitative estimate of drug-likeness (QED) is 0.0967. The number of nitrogens with two attached hydrogens (primary N) is 1. The highest BCUT2D eigenvalue weighted by atomic mass is 19.4. The van der Waals surface area contributed by atoms with Crippen molar-refractivity contribution in [1.82, 2.24) is 9.97 Å². The van der Waals surface area contributed by atoms with Crippen LogP contribution >= 0.6 is 0 Å². The molecular weight excluding hydrogens is 825 g/mol. The molecule has 330 valence electrons. The van der Waals surface area contributed by atoms with Crippen LogP contribution in [0.2, 0.25) is 0 Å². The molecule has 1 aromatic carbocycles. The number of aromatic nitrogens is 2. The fourth-order valence-corrected chi connectivity index (χ4v) is 6.73. The Labute approximate surface area is 336 Å². The third-order valence-corrected chi connectivity index (χ3v) is 9.66. The summed E-state index contributed by atoms with van der Waals surface area (Å²) in [6, 6.07) is 4.16. The molecule has 1 amide bonds. The number of carboxylic acids is 2. The molecule has 0 radical (unpaired) electrons. The van der Waals surface area contributed by atoms with Crippen LogP contribution in [0.15, 0.2) is 42.6 Å². The van der Waals surface area contributed by atoms with Crippen molar-refractivity contribution in [2.45, 2.75) is 82.0 Å². The van der Waals surface area contributed by atoms with Crippen molar-refractivity contribution in [2.75, 3.05) is 49.3 Å². The molecule has 5 N–H and O–H groups in total. The number of benzene rings is 1. The Bertz CT molecular complexity index is 1940. The summed E-state index contributed by atoms with van der Waals surface area (Å²) < 4.78 is 134. The molecule has 0 spiro atoms. The van der Waals surface area contributed by atoms with Gasteiger partial charge in [-0.15, -0.1) is 0 Å². The average molecular weight is 868 g/mol. The number of halogens is 9. The van der Waals surface area contributed by atoms with Gasteiger partial charge in [0.05, 0.1) is 53.3 Å². The lowest BCUT2D eigenvalue weighted by Gasteiger charge is -2.46. The number of ether oxygens (including phenoxy) is 2. The summed E-state index contributed by atoms with van der Waals surface area (Å²) in [6.07, 6.45) is -15.1. The predicted molar refractivity (Wildman–Crippen MR) is 194 cm³/mol. The summed E-state index contributed by atoms with van der Waals surface area (Å²) in [4.78, 5) is 43.3. The lowest BCUT2D eigenvalue weighted by atomic mass is 9.79. The number of carboxylic acid groups (broad SMARTS) is 3. The fraction of sp³-hybridized carbons (Fsp3) is 0.500. The summed E-state index contributed by atoms with van der Waals surface area (Å²) in [5.41, 5.74) is -0.0247. The lowest BCUT2D eigenvalue weighted by Crippen LogP contribution is -2.61. The van der Waals surface area contributed by atoms with Gasteiger partial charge in [0, 0.05) is 45.1 Å². The van der Waals surface area contributed by atoms with Crippen molar-refractivity contribution >= 4 is 29.4 Å². The number of rotatable bonds is 13. The maximum Gasteiger partial charge on any atom is 0.433 e. The highest BCUT2D eigenvalue weighted by Gasteiger charge is 2.48. The van der Waals surface area contributed by atoms with Crippen LogP contribution in [0.25, 0.3) is 0 Å². The lowest BCUT2D eigenvalue weighted by molar-refractivity contribution is -0.143. The maximum atomic E-state index is 13.8. The number of pyridine rings is 2. The van der Waals surface area contributed by atoms with Gasteiger partial charge in [-0.1, -0.05) is 6.92 Å². The van der Waals surface area contributed by atoms with Crippen LogP contribution in [0.3, 0.4) is 0 Å². The SMILES string of the molecule is CC[C@]1(N)C[C@@H](c2ncc(N3CCOCC3)cc2Cc2cc(C(F)(F)F)cc(C(F)(F)F)c2)c2nc(C(F)(F)F)ccc2N1C(=O)O.O=C(O)CCCOCCCC(=O)O. The van der Waals surface area contributed by atoms with Gasteiger partial charge >= 0.3 is 36.6 Å². The number of carbonyl (C=O) groups is 3. The first-order valence-electron chi connectivity index (χ1n) is 18.5. The molecule has 0 unspecified atom stereocenters. The van der Waals surface area contributed by atoms with Gasteiger partial charge in [0.15, 0.2) is 0 Å². The van der Waals surface area contributed by atoms with E-state index in [1.54, 1.807) is 6.92 Å². The van der Waals surface area contributed by atoms with Crippen molar-refractivity contribution in [3.8, 4) is 0 Å². The summed E-state index contributed by atoms with van der Waals surface area (Å²) in [5.74, 6) is -2.90. The molecule has 22 heteroatoms. The molecule has 2 aliphatic rings. The second kappa shape index (κ2) is 19.4. The van der Waals surface area contributed by atoms with E-state index in [1.807, 2.05) is 4.90 Å². The Morgan fingerprint density at radius 2 is 1.42 bits per heavy atom. The van der Waals surface area contributed by atoms with E-state index in [4.69, 9.17) is 25.4 Å². The van der Waals surface area contributed by atoms with Gasteiger partial charge in [-0.25, -0.2) is 9.78 Å². The minimum atomic E-state index is -5.12. The Morgan fingerprint density at radius 1 is 0.850 bits per heavy atom. The molecule has 2 atom stereocenters. The number of alkyl halides is 9. The highest BCUT2D eigenvalue weighted by molar-refractivity contribution is 5.89. The molecule has 4 heterocycles. The van der Waals surface area contributed by atoms with E-state index in [0.29, 0.717) is 76.2 Å². The summed E-state index contributed by atoms with van der Waals surface area (Å²) in [6.45, 7) is 3.76. The van der Waals surface area contributed by atoms with E-state index in [-0.39, 0.29) is 60.0 Å². The van der Waals surface area contributed by atoms with Crippen LogP contribution in [0.5, 0.6) is 0 Å². The van der Waals surface area contributed by atoms with Gasteiger partial charge in [0.2, 0.25) is 0 Å². The van der Waals surface area contributed by atoms with Crippen LogP contribution < -0.4 is 15.5 Å². The maximum absolute atomic E-state index is 13.8. The smallest absolute Gasteiger partial charge is 0.433 e. The third-order valence-electron chi connectivity index (χ3n) is 9.66. The van der Waals surface area contributed by atoms with E-state index < -0.39 is 71.4 Å². The van der Waals surface area contributed by atoms with Gasteiger partial charge in [-0.2, -0.15) is 39.5 Å². The van der Waals surface area contributed by atoms with Crippen LogP contribution in [0.1, 0.15) is 90.7 Å². The van der Waals surface area contributed by atoms with Gasteiger partial charge in [-0.05, 0) is 79.6 Å². The van der Waals surface area contributed by atoms with Crippen molar-refractivity contribution in [1.29, 1.82) is 0 Å². The van der Waals surface area contributed by atoms with Crippen LogP contribution in [0, 0.1) is 0 Å². The Morgan fingerprint density at radius 3 is 1.90 bits per heavy atom. The largest absolute Gasteiger partial charge is 0.481 e. The molecule has 60 heavy (non-hydrogen) atoms. The van der Waals surface area contributed by atoms with Gasteiger partial charge < -0.3 is 35.4 Å². The second-order valence-electron chi connectivity index (χ2n) is 14.0. The first-order valence-corrected chi connectivity index (χ1v) is 18.5. The van der Waals surface area contributed by atoms with Crippen LogP contribution in [-0.4, -0.2) is 88.5 Å². The van der Waals surface area contributed by atoms with Crippen molar-refractivity contribution in [3.05, 3.63) is 81.9 Å².